The summed E-state index contributed by atoms with van der Waals surface area (Å²) in [6, 6.07) is 5.71. The second-order valence-corrected chi connectivity index (χ2v) is 5.79. The molecule has 0 saturated carbocycles. The molecule has 0 heterocycles. The largest absolute Gasteiger partial charge is 0.386 e. The van der Waals surface area contributed by atoms with Crippen LogP contribution < -0.4 is 0 Å². The summed E-state index contributed by atoms with van der Waals surface area (Å²) in [6.07, 6.45) is -0.834. The third kappa shape index (κ3) is 3.35. The van der Waals surface area contributed by atoms with Crippen LogP contribution in [0.15, 0.2) is 22.7 Å². The summed E-state index contributed by atoms with van der Waals surface area (Å²) >= 11 is 14.8. The lowest BCUT2D eigenvalue weighted by Gasteiger charge is -2.18. The Labute approximate surface area is 109 Å². The molecule has 1 rings (SSSR count). The van der Waals surface area contributed by atoms with E-state index in [4.69, 9.17) is 23.2 Å². The number of halogens is 3. The van der Waals surface area contributed by atoms with E-state index in [1.165, 1.54) is 0 Å². The molecule has 0 aromatic heterocycles. The summed E-state index contributed by atoms with van der Waals surface area (Å²) in [7, 11) is 0. The summed E-state index contributed by atoms with van der Waals surface area (Å²) in [6.45, 7) is 4.13. The number of hydrogen-bond donors (Lipinski definition) is 1. The van der Waals surface area contributed by atoms with Gasteiger partial charge in [0.05, 0.1) is 0 Å². The molecule has 4 heteroatoms. The van der Waals surface area contributed by atoms with Gasteiger partial charge in [-0.3, -0.25) is 0 Å². The maximum absolute atomic E-state index is 9.84. The minimum absolute atomic E-state index is 0.319. The maximum Gasteiger partial charge on any atom is 0.137 e. The zero-order valence-electron chi connectivity index (χ0n) is 8.55. The van der Waals surface area contributed by atoms with Gasteiger partial charge in [-0.25, -0.2) is 0 Å². The van der Waals surface area contributed by atoms with Crippen LogP contribution in [0.5, 0.6) is 0 Å². The average Bonchev–Trinajstić information content (AvgIpc) is 2.16. The summed E-state index contributed by atoms with van der Waals surface area (Å²) in [5.41, 5.74) is 1.85. The second-order valence-electron chi connectivity index (χ2n) is 3.71. The Morgan fingerprint density at radius 1 is 1.20 bits per heavy atom. The molecule has 1 aromatic carbocycles. The van der Waals surface area contributed by atoms with E-state index < -0.39 is 10.9 Å². The van der Waals surface area contributed by atoms with Crippen molar-refractivity contribution in [3.63, 3.8) is 0 Å². The lowest BCUT2D eigenvalue weighted by molar-refractivity contribution is 0.191. The van der Waals surface area contributed by atoms with Crippen molar-refractivity contribution in [2.75, 3.05) is 0 Å². The lowest BCUT2D eigenvalue weighted by Crippen LogP contribution is -2.09. The number of alkyl halides is 2. The van der Waals surface area contributed by atoms with Crippen molar-refractivity contribution in [3.05, 3.63) is 33.8 Å². The van der Waals surface area contributed by atoms with Gasteiger partial charge >= 0.3 is 0 Å². The molecule has 1 N–H and O–H groups in total. The molecule has 1 atom stereocenters. The molecule has 84 valence electrons. The van der Waals surface area contributed by atoms with Crippen LogP contribution in [-0.2, 0) is 0 Å². The molecule has 0 aliphatic heterocycles. The fraction of sp³-hybridized carbons (Fsp3) is 0.455. The van der Waals surface area contributed by atoms with E-state index >= 15 is 0 Å². The van der Waals surface area contributed by atoms with E-state index in [1.807, 2.05) is 18.2 Å². The fourth-order valence-electron chi connectivity index (χ4n) is 1.45. The van der Waals surface area contributed by atoms with Gasteiger partial charge in [-0.15, -0.1) is 23.2 Å². The van der Waals surface area contributed by atoms with Crippen LogP contribution in [0, 0.1) is 0 Å². The Balaban J connectivity index is 3.16. The molecule has 0 aliphatic carbocycles. The summed E-state index contributed by atoms with van der Waals surface area (Å²) in [5.74, 6) is 0.319. The molecular weight excluding hydrogens is 299 g/mol. The van der Waals surface area contributed by atoms with Gasteiger partial charge in [0.25, 0.3) is 0 Å². The Morgan fingerprint density at radius 2 is 1.80 bits per heavy atom. The van der Waals surface area contributed by atoms with E-state index in [-0.39, 0.29) is 0 Å². The smallest absolute Gasteiger partial charge is 0.137 e. The number of benzene rings is 1. The predicted molar refractivity (Wildman–Crippen MR) is 68.7 cm³/mol. The highest BCUT2D eigenvalue weighted by Gasteiger charge is 2.20. The first kappa shape index (κ1) is 13.3. The monoisotopic (exact) mass is 310 g/mol. The first-order valence-corrected chi connectivity index (χ1v) is 6.35. The average molecular weight is 312 g/mol. The van der Waals surface area contributed by atoms with E-state index in [0.717, 1.165) is 15.6 Å². The van der Waals surface area contributed by atoms with Crippen LogP contribution in [0.1, 0.15) is 37.0 Å². The molecule has 15 heavy (non-hydrogen) atoms. The maximum atomic E-state index is 9.84. The van der Waals surface area contributed by atoms with Crippen LogP contribution >= 0.6 is 39.1 Å². The molecule has 0 aliphatic rings. The van der Waals surface area contributed by atoms with Gasteiger partial charge in [0.15, 0.2) is 0 Å². The van der Waals surface area contributed by atoms with Crippen molar-refractivity contribution in [1.29, 1.82) is 0 Å². The van der Waals surface area contributed by atoms with Gasteiger partial charge in [-0.05, 0) is 29.2 Å². The van der Waals surface area contributed by atoms with E-state index in [9.17, 15) is 5.11 Å². The number of rotatable bonds is 3. The Hall–Kier alpha value is 0.240. The summed E-state index contributed by atoms with van der Waals surface area (Å²) < 4.78 is 0.989. The first-order chi connectivity index (χ1) is 6.93. The molecule has 0 fully saturated rings. The van der Waals surface area contributed by atoms with Gasteiger partial charge in [-0.2, -0.15) is 0 Å². The van der Waals surface area contributed by atoms with Crippen LogP contribution in [0.25, 0.3) is 0 Å². The predicted octanol–water partition coefficient (Wildman–Crippen LogP) is 4.41. The molecule has 0 spiro atoms. The topological polar surface area (TPSA) is 20.2 Å². The third-order valence-electron chi connectivity index (χ3n) is 2.23. The molecule has 0 bridgehead atoms. The molecule has 1 unspecified atom stereocenters. The summed E-state index contributed by atoms with van der Waals surface area (Å²) in [5, 5.41) is 9.84. The van der Waals surface area contributed by atoms with E-state index in [1.54, 1.807) is 0 Å². The van der Waals surface area contributed by atoms with Crippen molar-refractivity contribution in [3.8, 4) is 0 Å². The minimum atomic E-state index is -0.834. The van der Waals surface area contributed by atoms with Crippen molar-refractivity contribution < 1.29 is 5.11 Å². The first-order valence-electron chi connectivity index (χ1n) is 4.69. The highest BCUT2D eigenvalue weighted by Crippen LogP contribution is 2.32. The van der Waals surface area contributed by atoms with Crippen LogP contribution in [-0.4, -0.2) is 9.94 Å². The van der Waals surface area contributed by atoms with Gasteiger partial charge in [-0.1, -0.05) is 35.8 Å². The van der Waals surface area contributed by atoms with Crippen molar-refractivity contribution in [2.24, 2.45) is 0 Å². The highest BCUT2D eigenvalue weighted by atomic mass is 79.9. The van der Waals surface area contributed by atoms with Gasteiger partial charge < -0.3 is 5.11 Å². The molecule has 0 saturated heterocycles. The minimum Gasteiger partial charge on any atom is -0.386 e. The van der Waals surface area contributed by atoms with Crippen LogP contribution in [0.3, 0.4) is 0 Å². The Morgan fingerprint density at radius 3 is 2.27 bits per heavy atom. The standard InChI is InChI=1S/C11H13BrCl2O/c1-6(2)9-5-7(12)3-4-8(9)10(15)11(13)14/h3-6,10-11,15H,1-2H3. The Kier molecular flexibility index (Phi) is 4.91. The van der Waals surface area contributed by atoms with Crippen molar-refractivity contribution >= 4 is 39.1 Å². The van der Waals surface area contributed by atoms with Gasteiger partial charge in [0, 0.05) is 4.47 Å². The van der Waals surface area contributed by atoms with Gasteiger partial charge in [0.1, 0.15) is 10.9 Å². The van der Waals surface area contributed by atoms with E-state index in [0.29, 0.717) is 5.92 Å². The van der Waals surface area contributed by atoms with Crippen molar-refractivity contribution in [1.82, 2.24) is 0 Å². The second kappa shape index (κ2) is 5.53. The molecule has 1 nitrogen and oxygen atoms in total. The molecule has 0 radical (unpaired) electrons. The number of aliphatic hydroxyl groups excluding tert-OH is 1. The molecule has 1 aromatic rings. The molecule has 0 amide bonds. The van der Waals surface area contributed by atoms with Crippen LogP contribution in [0.4, 0.5) is 0 Å². The van der Waals surface area contributed by atoms with Gasteiger partial charge in [0.2, 0.25) is 0 Å². The zero-order chi connectivity index (χ0) is 11.6. The quantitative estimate of drug-likeness (QED) is 0.820. The van der Waals surface area contributed by atoms with E-state index in [2.05, 4.69) is 29.8 Å². The highest BCUT2D eigenvalue weighted by molar-refractivity contribution is 9.10. The SMILES string of the molecule is CC(C)c1cc(Br)ccc1C(O)C(Cl)Cl. The van der Waals surface area contributed by atoms with Crippen molar-refractivity contribution in [2.45, 2.75) is 30.7 Å². The summed E-state index contributed by atoms with van der Waals surface area (Å²) in [4.78, 5) is -0.802. The lowest BCUT2D eigenvalue weighted by atomic mass is 9.94. The zero-order valence-corrected chi connectivity index (χ0v) is 11.6. The fourth-order valence-corrected chi connectivity index (χ4v) is 2.10. The molecular formula is C11H13BrCl2O. The normalized spacial score (nSPS) is 13.6. The number of hydrogen-bond acceptors (Lipinski definition) is 1. The third-order valence-corrected chi connectivity index (χ3v) is 3.20. The number of aliphatic hydroxyl groups is 1. The Bertz CT molecular complexity index is 339. The van der Waals surface area contributed by atoms with Crippen LogP contribution in [0.2, 0.25) is 0 Å².